The van der Waals surface area contributed by atoms with Crippen molar-refractivity contribution >= 4 is 11.8 Å². The van der Waals surface area contributed by atoms with Crippen LogP contribution in [0.25, 0.3) is 0 Å². The van der Waals surface area contributed by atoms with Gasteiger partial charge in [0, 0.05) is 0 Å². The number of nitrogens with one attached hydrogen (secondary N) is 2. The van der Waals surface area contributed by atoms with E-state index in [1.54, 1.807) is 26.0 Å². The molecule has 0 aliphatic carbocycles. The van der Waals surface area contributed by atoms with Crippen LogP contribution in [0, 0.1) is 13.8 Å². The van der Waals surface area contributed by atoms with Crippen LogP contribution in [-0.4, -0.2) is 22.0 Å². The molecule has 0 bridgehead atoms. The van der Waals surface area contributed by atoms with Gasteiger partial charge in [0.05, 0.1) is 11.1 Å². The lowest BCUT2D eigenvalue weighted by Gasteiger charge is -2.10. The van der Waals surface area contributed by atoms with E-state index in [1.807, 2.05) is 0 Å². The van der Waals surface area contributed by atoms with Gasteiger partial charge in [0.15, 0.2) is 0 Å². The Hall–Kier alpha value is -3.02. The Morgan fingerprint density at radius 1 is 0.773 bits per heavy atom. The molecule has 0 heterocycles. The van der Waals surface area contributed by atoms with E-state index < -0.39 is 11.8 Å². The fourth-order valence-corrected chi connectivity index (χ4v) is 1.91. The van der Waals surface area contributed by atoms with Crippen LogP contribution in [0.1, 0.15) is 31.8 Å². The quantitative estimate of drug-likeness (QED) is 0.635. The monoisotopic (exact) mass is 300 g/mol. The standard InChI is InChI=1S/C16H16N2O4/c1-9-3-5-13(19)11(7-9)15(21)17-18-16(22)12-8-10(2)4-6-14(12)20/h3-8,19-20H,1-2H3,(H,17,21)(H,18,22). The molecule has 22 heavy (non-hydrogen) atoms. The first kappa shape index (κ1) is 15.4. The SMILES string of the molecule is Cc1ccc(O)c(C(=O)NNC(=O)c2cc(C)ccc2O)c1. The number of aryl methyl sites for hydroxylation is 2. The van der Waals surface area contributed by atoms with Crippen molar-refractivity contribution in [3.05, 3.63) is 58.7 Å². The number of amides is 2. The molecule has 2 aromatic carbocycles. The van der Waals surface area contributed by atoms with E-state index in [0.29, 0.717) is 0 Å². The number of hydrogen-bond acceptors (Lipinski definition) is 4. The van der Waals surface area contributed by atoms with E-state index in [-0.39, 0.29) is 22.6 Å². The molecule has 2 aromatic rings. The fraction of sp³-hybridized carbons (Fsp3) is 0.125. The molecule has 0 saturated heterocycles. The van der Waals surface area contributed by atoms with Crippen molar-refractivity contribution in [1.29, 1.82) is 0 Å². The Bertz CT molecular complexity index is 677. The molecule has 0 fully saturated rings. The zero-order chi connectivity index (χ0) is 16.3. The Balaban J connectivity index is 2.09. The fourth-order valence-electron chi connectivity index (χ4n) is 1.91. The minimum Gasteiger partial charge on any atom is -0.507 e. The second-order valence-corrected chi connectivity index (χ2v) is 4.95. The van der Waals surface area contributed by atoms with Gasteiger partial charge in [-0.2, -0.15) is 0 Å². The second-order valence-electron chi connectivity index (χ2n) is 4.95. The first-order valence-corrected chi connectivity index (χ1v) is 6.58. The third-order valence-corrected chi connectivity index (χ3v) is 3.08. The molecule has 6 heteroatoms. The van der Waals surface area contributed by atoms with Crippen molar-refractivity contribution in [1.82, 2.24) is 10.9 Å². The highest BCUT2D eigenvalue weighted by Crippen LogP contribution is 2.19. The van der Waals surface area contributed by atoms with E-state index in [2.05, 4.69) is 10.9 Å². The second kappa shape index (κ2) is 6.17. The summed E-state index contributed by atoms with van der Waals surface area (Å²) in [7, 11) is 0. The van der Waals surface area contributed by atoms with Gasteiger partial charge in [-0.05, 0) is 38.1 Å². The maximum absolute atomic E-state index is 12.0. The number of phenolic OH excluding ortho intramolecular Hbond substituents is 2. The smallest absolute Gasteiger partial charge is 0.273 e. The van der Waals surface area contributed by atoms with E-state index in [9.17, 15) is 19.8 Å². The predicted octanol–water partition coefficient (Wildman–Crippen LogP) is 1.79. The predicted molar refractivity (Wildman–Crippen MR) is 80.6 cm³/mol. The summed E-state index contributed by atoms with van der Waals surface area (Å²) in [5.74, 6) is -1.67. The summed E-state index contributed by atoms with van der Waals surface area (Å²) >= 11 is 0. The molecule has 0 aliphatic heterocycles. The molecule has 6 nitrogen and oxygen atoms in total. The number of phenols is 2. The highest BCUT2D eigenvalue weighted by molar-refractivity contribution is 6.01. The summed E-state index contributed by atoms with van der Waals surface area (Å²) in [5.41, 5.74) is 6.10. The molecule has 2 rings (SSSR count). The molecule has 0 saturated carbocycles. The van der Waals surface area contributed by atoms with Crippen LogP contribution in [0.4, 0.5) is 0 Å². The molecule has 0 radical (unpaired) electrons. The molecule has 0 aliphatic rings. The van der Waals surface area contributed by atoms with Crippen molar-refractivity contribution in [3.8, 4) is 11.5 Å². The van der Waals surface area contributed by atoms with Crippen molar-refractivity contribution < 1.29 is 19.8 Å². The van der Waals surface area contributed by atoms with Gasteiger partial charge in [-0.25, -0.2) is 0 Å². The number of benzene rings is 2. The van der Waals surface area contributed by atoms with Crippen molar-refractivity contribution in [2.75, 3.05) is 0 Å². The Kier molecular flexibility index (Phi) is 4.31. The maximum atomic E-state index is 12.0. The van der Waals surface area contributed by atoms with Crippen LogP contribution in [-0.2, 0) is 0 Å². The molecule has 0 spiro atoms. The topological polar surface area (TPSA) is 98.7 Å². The largest absolute Gasteiger partial charge is 0.507 e. The molecule has 0 atom stereocenters. The molecule has 0 unspecified atom stereocenters. The van der Waals surface area contributed by atoms with Crippen molar-refractivity contribution in [2.24, 2.45) is 0 Å². The van der Waals surface area contributed by atoms with E-state index in [1.165, 1.54) is 24.3 Å². The van der Waals surface area contributed by atoms with Crippen LogP contribution in [0.2, 0.25) is 0 Å². The number of carbonyl (C=O) groups excluding carboxylic acids is 2. The van der Waals surface area contributed by atoms with E-state index in [0.717, 1.165) is 11.1 Å². The van der Waals surface area contributed by atoms with Gasteiger partial charge in [-0.1, -0.05) is 23.3 Å². The molecule has 114 valence electrons. The third-order valence-electron chi connectivity index (χ3n) is 3.08. The number of hydrogen-bond donors (Lipinski definition) is 4. The lowest BCUT2D eigenvalue weighted by molar-refractivity contribution is 0.0843. The summed E-state index contributed by atoms with van der Waals surface area (Å²) < 4.78 is 0. The van der Waals surface area contributed by atoms with Crippen LogP contribution >= 0.6 is 0 Å². The van der Waals surface area contributed by atoms with E-state index in [4.69, 9.17) is 0 Å². The third kappa shape index (κ3) is 3.35. The first-order chi connectivity index (χ1) is 10.4. The van der Waals surface area contributed by atoms with Gasteiger partial charge in [0.25, 0.3) is 11.8 Å². The summed E-state index contributed by atoms with van der Waals surface area (Å²) in [6.45, 7) is 3.55. The van der Waals surface area contributed by atoms with Gasteiger partial charge in [-0.3, -0.25) is 20.4 Å². The van der Waals surface area contributed by atoms with Gasteiger partial charge in [0.2, 0.25) is 0 Å². The minimum atomic E-state index is -0.651. The zero-order valence-electron chi connectivity index (χ0n) is 12.2. The number of hydrazine groups is 1. The van der Waals surface area contributed by atoms with Crippen molar-refractivity contribution in [3.63, 3.8) is 0 Å². The van der Waals surface area contributed by atoms with Gasteiger partial charge in [-0.15, -0.1) is 0 Å². The van der Waals surface area contributed by atoms with Gasteiger partial charge in [0.1, 0.15) is 11.5 Å². The van der Waals surface area contributed by atoms with Gasteiger partial charge < -0.3 is 10.2 Å². The average Bonchev–Trinajstić information content (AvgIpc) is 2.49. The Morgan fingerprint density at radius 3 is 1.50 bits per heavy atom. The van der Waals surface area contributed by atoms with Crippen LogP contribution in [0.5, 0.6) is 11.5 Å². The molecule has 4 N–H and O–H groups in total. The number of rotatable bonds is 2. The lowest BCUT2D eigenvalue weighted by Crippen LogP contribution is -2.41. The van der Waals surface area contributed by atoms with Gasteiger partial charge >= 0.3 is 0 Å². The Labute approximate surface area is 127 Å². The first-order valence-electron chi connectivity index (χ1n) is 6.58. The zero-order valence-corrected chi connectivity index (χ0v) is 12.2. The van der Waals surface area contributed by atoms with Crippen LogP contribution in [0.3, 0.4) is 0 Å². The Morgan fingerprint density at radius 2 is 1.14 bits per heavy atom. The lowest BCUT2D eigenvalue weighted by atomic mass is 10.1. The van der Waals surface area contributed by atoms with E-state index >= 15 is 0 Å². The summed E-state index contributed by atoms with van der Waals surface area (Å²) in [5, 5.41) is 19.3. The van der Waals surface area contributed by atoms with Crippen LogP contribution < -0.4 is 10.9 Å². The molecular weight excluding hydrogens is 284 g/mol. The summed E-state index contributed by atoms with van der Waals surface area (Å²) in [6.07, 6.45) is 0. The highest BCUT2D eigenvalue weighted by atomic mass is 16.3. The minimum absolute atomic E-state index is 0.0498. The molecular formula is C16H16N2O4. The normalized spacial score (nSPS) is 10.1. The summed E-state index contributed by atoms with van der Waals surface area (Å²) in [4.78, 5) is 23.9. The summed E-state index contributed by atoms with van der Waals surface area (Å²) in [6, 6.07) is 9.13. The number of carbonyl (C=O) groups is 2. The number of aromatic hydroxyl groups is 2. The van der Waals surface area contributed by atoms with Crippen LogP contribution in [0.15, 0.2) is 36.4 Å². The maximum Gasteiger partial charge on any atom is 0.273 e. The van der Waals surface area contributed by atoms with Crippen molar-refractivity contribution in [2.45, 2.75) is 13.8 Å². The highest BCUT2D eigenvalue weighted by Gasteiger charge is 2.15. The molecule has 0 aromatic heterocycles. The molecule has 2 amide bonds. The average molecular weight is 300 g/mol.